The number of pyridine rings is 1. The minimum absolute atomic E-state index is 0.0391. The normalized spacial score (nSPS) is 15.2. The van der Waals surface area contributed by atoms with Crippen molar-refractivity contribution >= 4 is 23.2 Å². The minimum atomic E-state index is -0.380. The van der Waals surface area contributed by atoms with Gasteiger partial charge in [0, 0.05) is 38.1 Å². The first-order valence-corrected chi connectivity index (χ1v) is 8.42. The molecule has 1 aliphatic rings. The molecule has 24 heavy (non-hydrogen) atoms. The Morgan fingerprint density at radius 1 is 1.17 bits per heavy atom. The minimum Gasteiger partial charge on any atom is -0.369 e. The van der Waals surface area contributed by atoms with Crippen molar-refractivity contribution in [2.45, 2.75) is 13.3 Å². The molecule has 1 amide bonds. The molecule has 3 rings (SSSR count). The number of hydrogen-bond acceptors (Lipinski definition) is 3. The van der Waals surface area contributed by atoms with E-state index >= 15 is 0 Å². The summed E-state index contributed by atoms with van der Waals surface area (Å²) in [5.41, 5.74) is 2.50. The maximum atomic E-state index is 12.7. The molecule has 1 aliphatic heterocycles. The molecule has 1 N–H and O–H groups in total. The molecule has 0 aliphatic carbocycles. The van der Waals surface area contributed by atoms with E-state index in [4.69, 9.17) is 11.6 Å². The summed E-state index contributed by atoms with van der Waals surface area (Å²) in [6.45, 7) is 5.14. The Balaban J connectivity index is 1.73. The van der Waals surface area contributed by atoms with Crippen molar-refractivity contribution < 1.29 is 4.79 Å². The van der Waals surface area contributed by atoms with Gasteiger partial charge in [-0.05, 0) is 31.0 Å². The fourth-order valence-electron chi connectivity index (χ4n) is 3.04. The zero-order valence-corrected chi connectivity index (χ0v) is 14.3. The highest BCUT2D eigenvalue weighted by molar-refractivity contribution is 6.30. The van der Waals surface area contributed by atoms with E-state index in [0.717, 1.165) is 19.5 Å². The van der Waals surface area contributed by atoms with Gasteiger partial charge in [0.2, 0.25) is 0 Å². The molecule has 1 aromatic carbocycles. The van der Waals surface area contributed by atoms with Gasteiger partial charge in [-0.25, -0.2) is 0 Å². The molecule has 2 heterocycles. The first-order valence-electron chi connectivity index (χ1n) is 8.04. The zero-order chi connectivity index (χ0) is 17.1. The van der Waals surface area contributed by atoms with Crippen LogP contribution in [0.5, 0.6) is 0 Å². The van der Waals surface area contributed by atoms with E-state index in [1.54, 1.807) is 0 Å². The number of rotatable bonds is 2. The lowest BCUT2D eigenvalue weighted by Crippen LogP contribution is -2.35. The van der Waals surface area contributed by atoms with Gasteiger partial charge in [-0.1, -0.05) is 29.8 Å². The van der Waals surface area contributed by atoms with Gasteiger partial charge in [-0.2, -0.15) is 0 Å². The third-order valence-electron chi connectivity index (χ3n) is 4.34. The molecule has 2 aromatic rings. The van der Waals surface area contributed by atoms with Crippen LogP contribution in [0.2, 0.25) is 5.02 Å². The van der Waals surface area contributed by atoms with E-state index in [9.17, 15) is 9.59 Å². The van der Waals surface area contributed by atoms with Gasteiger partial charge in [0.1, 0.15) is 5.02 Å². The van der Waals surface area contributed by atoms with Crippen molar-refractivity contribution in [3.63, 3.8) is 0 Å². The molecule has 1 saturated heterocycles. The second-order valence-electron chi connectivity index (χ2n) is 5.98. The smallest absolute Gasteiger partial charge is 0.266 e. The molecule has 0 saturated carbocycles. The van der Waals surface area contributed by atoms with Crippen LogP contribution in [0.3, 0.4) is 0 Å². The number of halogens is 1. The summed E-state index contributed by atoms with van der Waals surface area (Å²) in [7, 11) is 0. The number of aromatic nitrogens is 1. The molecular formula is C18H20ClN3O2. The number of H-pyrrole nitrogens is 1. The molecule has 6 heteroatoms. The molecule has 1 fully saturated rings. The van der Waals surface area contributed by atoms with Crippen LogP contribution in [-0.2, 0) is 0 Å². The third kappa shape index (κ3) is 3.46. The summed E-state index contributed by atoms with van der Waals surface area (Å²) in [5, 5.41) is 0.0391. The average molecular weight is 346 g/mol. The Hall–Kier alpha value is -2.27. The van der Waals surface area contributed by atoms with Crippen molar-refractivity contribution in [2.24, 2.45) is 0 Å². The second-order valence-corrected chi connectivity index (χ2v) is 6.39. The van der Waals surface area contributed by atoms with Gasteiger partial charge in [0.05, 0.1) is 5.56 Å². The lowest BCUT2D eigenvalue weighted by molar-refractivity contribution is 0.0766. The number of amides is 1. The van der Waals surface area contributed by atoms with E-state index < -0.39 is 0 Å². The van der Waals surface area contributed by atoms with E-state index in [1.807, 2.05) is 17.0 Å². The van der Waals surface area contributed by atoms with Crippen molar-refractivity contribution in [1.82, 2.24) is 9.88 Å². The highest BCUT2D eigenvalue weighted by atomic mass is 35.5. The Kier molecular flexibility index (Phi) is 4.90. The molecule has 126 valence electrons. The molecular weight excluding hydrogens is 326 g/mol. The molecule has 5 nitrogen and oxygen atoms in total. The van der Waals surface area contributed by atoms with E-state index in [2.05, 4.69) is 28.9 Å². The number of benzene rings is 1. The lowest BCUT2D eigenvalue weighted by atomic mass is 10.2. The van der Waals surface area contributed by atoms with Gasteiger partial charge in [-0.3, -0.25) is 9.59 Å². The molecule has 0 unspecified atom stereocenters. The summed E-state index contributed by atoms with van der Waals surface area (Å²) in [6, 6.07) is 9.73. The number of aromatic amines is 1. The van der Waals surface area contributed by atoms with Gasteiger partial charge < -0.3 is 14.8 Å². The summed E-state index contributed by atoms with van der Waals surface area (Å²) < 4.78 is 0. The Morgan fingerprint density at radius 2 is 1.96 bits per heavy atom. The van der Waals surface area contributed by atoms with Gasteiger partial charge in [0.15, 0.2) is 0 Å². The van der Waals surface area contributed by atoms with Crippen LogP contribution in [0.25, 0.3) is 0 Å². The third-order valence-corrected chi connectivity index (χ3v) is 4.62. The predicted octanol–water partition coefficient (Wildman–Crippen LogP) is 2.69. The van der Waals surface area contributed by atoms with E-state index in [-0.39, 0.29) is 16.5 Å². The van der Waals surface area contributed by atoms with Gasteiger partial charge >= 0.3 is 0 Å². The maximum Gasteiger partial charge on any atom is 0.266 e. The number of aryl methyl sites for hydroxylation is 1. The number of nitrogens with one attached hydrogen (secondary N) is 1. The summed E-state index contributed by atoms with van der Waals surface area (Å²) in [4.78, 5) is 30.6. The standard InChI is InChI=1S/C18H20ClN3O2/c1-13-5-2-3-6-16(13)21-7-4-8-22(10-9-21)18(24)14-11-15(19)17(23)20-12-14/h2-3,5-6,11-12H,4,7-10H2,1H3,(H,20,23). The number of carbonyl (C=O) groups excluding carboxylic acids is 1. The first kappa shape index (κ1) is 16.6. The lowest BCUT2D eigenvalue weighted by Gasteiger charge is -2.25. The highest BCUT2D eigenvalue weighted by Crippen LogP contribution is 2.21. The number of carbonyl (C=O) groups is 1. The monoisotopic (exact) mass is 345 g/mol. The Morgan fingerprint density at radius 3 is 2.71 bits per heavy atom. The number of anilines is 1. The summed E-state index contributed by atoms with van der Waals surface area (Å²) in [6.07, 6.45) is 2.33. The van der Waals surface area contributed by atoms with Crippen LogP contribution < -0.4 is 10.5 Å². The molecule has 0 atom stereocenters. The molecule has 1 aromatic heterocycles. The number of para-hydroxylation sites is 1. The predicted molar refractivity (Wildman–Crippen MR) is 96.0 cm³/mol. The first-order chi connectivity index (χ1) is 11.6. The van der Waals surface area contributed by atoms with Crippen molar-refractivity contribution in [2.75, 3.05) is 31.1 Å². The van der Waals surface area contributed by atoms with Gasteiger partial charge in [0.25, 0.3) is 11.5 Å². The number of hydrogen-bond donors (Lipinski definition) is 1. The topological polar surface area (TPSA) is 56.4 Å². The molecule has 0 bridgehead atoms. The van der Waals surface area contributed by atoms with Crippen LogP contribution in [0.1, 0.15) is 22.3 Å². The van der Waals surface area contributed by atoms with E-state index in [1.165, 1.54) is 23.5 Å². The summed E-state index contributed by atoms with van der Waals surface area (Å²) in [5.74, 6) is -0.0974. The fourth-order valence-corrected chi connectivity index (χ4v) is 3.21. The SMILES string of the molecule is Cc1ccccc1N1CCCN(C(=O)c2c[nH]c(=O)c(Cl)c2)CC1. The van der Waals surface area contributed by atoms with Crippen molar-refractivity contribution in [3.8, 4) is 0 Å². The van der Waals surface area contributed by atoms with Crippen LogP contribution in [0.15, 0.2) is 41.3 Å². The Bertz CT molecular complexity index is 803. The largest absolute Gasteiger partial charge is 0.369 e. The zero-order valence-electron chi connectivity index (χ0n) is 13.6. The van der Waals surface area contributed by atoms with Crippen LogP contribution in [0.4, 0.5) is 5.69 Å². The van der Waals surface area contributed by atoms with Crippen LogP contribution in [-0.4, -0.2) is 42.0 Å². The van der Waals surface area contributed by atoms with Gasteiger partial charge in [-0.15, -0.1) is 0 Å². The summed E-state index contributed by atoms with van der Waals surface area (Å²) >= 11 is 5.83. The highest BCUT2D eigenvalue weighted by Gasteiger charge is 2.21. The Labute approximate surface area is 145 Å². The van der Waals surface area contributed by atoms with E-state index in [0.29, 0.717) is 18.7 Å². The molecule has 0 spiro atoms. The number of nitrogens with zero attached hydrogens (tertiary/aromatic N) is 2. The quantitative estimate of drug-likeness (QED) is 0.910. The van der Waals surface area contributed by atoms with Crippen LogP contribution in [0, 0.1) is 6.92 Å². The van der Waals surface area contributed by atoms with Crippen molar-refractivity contribution in [1.29, 1.82) is 0 Å². The maximum absolute atomic E-state index is 12.7. The van der Waals surface area contributed by atoms with Crippen molar-refractivity contribution in [3.05, 3.63) is 63.0 Å². The second kappa shape index (κ2) is 7.09. The average Bonchev–Trinajstić information content (AvgIpc) is 2.83. The van der Waals surface area contributed by atoms with Crippen LogP contribution >= 0.6 is 11.6 Å². The molecule has 0 radical (unpaired) electrons. The fraction of sp³-hybridized carbons (Fsp3) is 0.333.